The van der Waals surface area contributed by atoms with E-state index in [1.807, 2.05) is 13.8 Å². The molecule has 1 N–H and O–H groups in total. The van der Waals surface area contributed by atoms with E-state index in [-0.39, 0.29) is 5.56 Å². The summed E-state index contributed by atoms with van der Waals surface area (Å²) in [7, 11) is 1.67. The van der Waals surface area contributed by atoms with E-state index >= 15 is 0 Å². The molecule has 0 aromatic carbocycles. The number of hydrogen-bond acceptors (Lipinski definition) is 3. The number of nitrogens with one attached hydrogen (secondary N) is 1. The van der Waals surface area contributed by atoms with Gasteiger partial charge in [-0.3, -0.25) is 4.79 Å². The molecule has 1 heterocycles. The van der Waals surface area contributed by atoms with Crippen molar-refractivity contribution in [2.75, 3.05) is 7.11 Å². The Morgan fingerprint density at radius 3 is 2.47 bits per heavy atom. The average Bonchev–Trinajstić information content (AvgIpc) is 2.32. The molecule has 4 nitrogen and oxygen atoms in total. The molecule has 0 aliphatic carbocycles. The SMILES string of the molecule is CCCc1cc(=O)[nH]c(C(CC)(CC)OC)n1. The molecule has 1 aromatic rings. The average molecular weight is 238 g/mol. The normalized spacial score (nSPS) is 11.8. The van der Waals surface area contributed by atoms with Gasteiger partial charge in [0.2, 0.25) is 0 Å². The molecular weight excluding hydrogens is 216 g/mol. The molecule has 1 aromatic heterocycles. The van der Waals surface area contributed by atoms with Gasteiger partial charge in [0.15, 0.2) is 0 Å². The maximum atomic E-state index is 11.6. The zero-order chi connectivity index (χ0) is 12.9. The summed E-state index contributed by atoms with van der Waals surface area (Å²) in [6, 6.07) is 1.57. The molecule has 0 radical (unpaired) electrons. The van der Waals surface area contributed by atoms with E-state index in [1.165, 1.54) is 0 Å². The van der Waals surface area contributed by atoms with Crippen LogP contribution in [0.1, 0.15) is 51.6 Å². The van der Waals surface area contributed by atoms with Crippen LogP contribution in [0.15, 0.2) is 10.9 Å². The molecule has 4 heteroatoms. The van der Waals surface area contributed by atoms with Crippen molar-refractivity contribution in [3.8, 4) is 0 Å². The van der Waals surface area contributed by atoms with Crippen LogP contribution in [0.5, 0.6) is 0 Å². The summed E-state index contributed by atoms with van der Waals surface area (Å²) in [5.74, 6) is 0.654. The van der Waals surface area contributed by atoms with E-state index in [2.05, 4.69) is 16.9 Å². The first-order valence-electron chi connectivity index (χ1n) is 6.27. The number of nitrogens with zero attached hydrogens (tertiary/aromatic N) is 1. The van der Waals surface area contributed by atoms with Crippen molar-refractivity contribution in [1.29, 1.82) is 0 Å². The predicted octanol–water partition coefficient (Wildman–Crippen LogP) is 2.38. The van der Waals surface area contributed by atoms with Crippen molar-refractivity contribution in [3.05, 3.63) is 27.9 Å². The van der Waals surface area contributed by atoms with Crippen LogP contribution in [0.4, 0.5) is 0 Å². The van der Waals surface area contributed by atoms with Gasteiger partial charge in [0.05, 0.1) is 0 Å². The highest BCUT2D eigenvalue weighted by Gasteiger charge is 2.31. The van der Waals surface area contributed by atoms with Gasteiger partial charge in [0.1, 0.15) is 11.4 Å². The van der Waals surface area contributed by atoms with Crippen LogP contribution in [-0.2, 0) is 16.8 Å². The number of hydrogen-bond donors (Lipinski definition) is 1. The molecule has 0 amide bonds. The van der Waals surface area contributed by atoms with Gasteiger partial charge in [0, 0.05) is 18.9 Å². The number of aromatic nitrogens is 2. The van der Waals surface area contributed by atoms with Gasteiger partial charge in [-0.1, -0.05) is 27.2 Å². The second-order valence-corrected chi connectivity index (χ2v) is 4.24. The van der Waals surface area contributed by atoms with E-state index in [4.69, 9.17) is 4.74 Å². The van der Waals surface area contributed by atoms with Crippen LogP contribution in [0, 0.1) is 0 Å². The Kier molecular flexibility index (Phi) is 4.87. The minimum atomic E-state index is -0.469. The first-order chi connectivity index (χ1) is 8.11. The van der Waals surface area contributed by atoms with Gasteiger partial charge in [-0.15, -0.1) is 0 Å². The molecule has 0 spiro atoms. The maximum Gasteiger partial charge on any atom is 0.251 e. The molecule has 0 bridgehead atoms. The summed E-state index contributed by atoms with van der Waals surface area (Å²) < 4.78 is 5.58. The Balaban J connectivity index is 3.24. The zero-order valence-electron chi connectivity index (χ0n) is 11.2. The van der Waals surface area contributed by atoms with Crippen LogP contribution < -0.4 is 5.56 Å². The predicted molar refractivity (Wildman–Crippen MR) is 68.1 cm³/mol. The maximum absolute atomic E-state index is 11.6. The molecule has 0 unspecified atom stereocenters. The van der Waals surface area contributed by atoms with Crippen LogP contribution in [0.3, 0.4) is 0 Å². The fourth-order valence-electron chi connectivity index (χ4n) is 2.08. The van der Waals surface area contributed by atoms with Crippen molar-refractivity contribution >= 4 is 0 Å². The number of aryl methyl sites for hydroxylation is 1. The molecule has 0 fully saturated rings. The van der Waals surface area contributed by atoms with Crippen molar-refractivity contribution in [2.45, 2.75) is 52.1 Å². The monoisotopic (exact) mass is 238 g/mol. The molecule has 0 aliphatic rings. The Morgan fingerprint density at radius 1 is 1.35 bits per heavy atom. The lowest BCUT2D eigenvalue weighted by Gasteiger charge is -2.29. The quantitative estimate of drug-likeness (QED) is 0.828. The summed E-state index contributed by atoms with van der Waals surface area (Å²) in [4.78, 5) is 19.0. The number of aromatic amines is 1. The Labute approximate surface area is 102 Å². The Bertz CT molecular complexity index is 400. The number of methoxy groups -OCH3 is 1. The molecule has 0 saturated heterocycles. The zero-order valence-corrected chi connectivity index (χ0v) is 11.2. The van der Waals surface area contributed by atoms with Gasteiger partial charge >= 0.3 is 0 Å². The van der Waals surface area contributed by atoms with Crippen molar-refractivity contribution in [3.63, 3.8) is 0 Å². The summed E-state index contributed by atoms with van der Waals surface area (Å²) in [6.45, 7) is 6.16. The van der Waals surface area contributed by atoms with Crippen molar-refractivity contribution in [2.24, 2.45) is 0 Å². The summed E-state index contributed by atoms with van der Waals surface area (Å²) >= 11 is 0. The third-order valence-corrected chi connectivity index (χ3v) is 3.27. The topological polar surface area (TPSA) is 55.0 Å². The van der Waals surface area contributed by atoms with Gasteiger partial charge < -0.3 is 9.72 Å². The lowest BCUT2D eigenvalue weighted by molar-refractivity contribution is -0.0295. The van der Waals surface area contributed by atoms with Gasteiger partial charge in [-0.2, -0.15) is 0 Å². The van der Waals surface area contributed by atoms with Crippen LogP contribution in [0.25, 0.3) is 0 Å². The van der Waals surface area contributed by atoms with E-state index in [1.54, 1.807) is 13.2 Å². The molecule has 17 heavy (non-hydrogen) atoms. The highest BCUT2D eigenvalue weighted by molar-refractivity contribution is 5.09. The second-order valence-electron chi connectivity index (χ2n) is 4.24. The summed E-state index contributed by atoms with van der Waals surface area (Å²) in [6.07, 6.45) is 3.38. The molecule has 0 saturated carbocycles. The van der Waals surface area contributed by atoms with E-state index < -0.39 is 5.60 Å². The van der Waals surface area contributed by atoms with E-state index in [0.29, 0.717) is 5.82 Å². The standard InChI is InChI=1S/C13H22N2O2/c1-5-8-10-9-11(16)15-12(14-10)13(6-2,7-3)17-4/h9H,5-8H2,1-4H3,(H,14,15,16). The molecule has 0 atom stereocenters. The van der Waals surface area contributed by atoms with Gasteiger partial charge in [0.25, 0.3) is 5.56 Å². The first kappa shape index (κ1) is 13.9. The minimum absolute atomic E-state index is 0.0956. The second kappa shape index (κ2) is 5.96. The van der Waals surface area contributed by atoms with Crippen molar-refractivity contribution in [1.82, 2.24) is 9.97 Å². The summed E-state index contributed by atoms with van der Waals surface area (Å²) in [5, 5.41) is 0. The third kappa shape index (κ3) is 2.94. The van der Waals surface area contributed by atoms with Crippen molar-refractivity contribution < 1.29 is 4.74 Å². The van der Waals surface area contributed by atoms with E-state index in [9.17, 15) is 4.79 Å². The summed E-state index contributed by atoms with van der Waals surface area (Å²) in [5.41, 5.74) is 0.277. The molecule has 1 rings (SSSR count). The highest BCUT2D eigenvalue weighted by atomic mass is 16.5. The minimum Gasteiger partial charge on any atom is -0.370 e. The molecule has 96 valence electrons. The van der Waals surface area contributed by atoms with Gasteiger partial charge in [-0.05, 0) is 19.3 Å². The lowest BCUT2D eigenvalue weighted by Crippen LogP contribution is -2.32. The highest BCUT2D eigenvalue weighted by Crippen LogP contribution is 2.29. The molecule has 0 aliphatic heterocycles. The number of ether oxygens (including phenoxy) is 1. The Hall–Kier alpha value is -1.16. The number of H-pyrrole nitrogens is 1. The van der Waals surface area contributed by atoms with Gasteiger partial charge in [-0.25, -0.2) is 4.98 Å². The Morgan fingerprint density at radius 2 is 2.00 bits per heavy atom. The fourth-order valence-corrected chi connectivity index (χ4v) is 2.08. The van der Waals surface area contributed by atoms with E-state index in [0.717, 1.165) is 31.4 Å². The third-order valence-electron chi connectivity index (χ3n) is 3.27. The lowest BCUT2D eigenvalue weighted by atomic mass is 9.96. The largest absolute Gasteiger partial charge is 0.370 e. The van der Waals surface area contributed by atoms with Crippen LogP contribution in [-0.4, -0.2) is 17.1 Å². The number of rotatable bonds is 6. The smallest absolute Gasteiger partial charge is 0.251 e. The fraction of sp³-hybridized carbons (Fsp3) is 0.692. The first-order valence-corrected chi connectivity index (χ1v) is 6.27. The van der Waals surface area contributed by atoms with Crippen LogP contribution in [0.2, 0.25) is 0 Å². The van der Waals surface area contributed by atoms with Crippen LogP contribution >= 0.6 is 0 Å². The molecular formula is C13H22N2O2.